The monoisotopic (exact) mass is 543 g/mol. The zero-order chi connectivity index (χ0) is 26.5. The molecule has 2 aromatic rings. The molecule has 1 aliphatic carbocycles. The van der Waals surface area contributed by atoms with Crippen LogP contribution in [0.3, 0.4) is 0 Å². The molecule has 1 atom stereocenters. The van der Waals surface area contributed by atoms with Gasteiger partial charge in [-0.3, -0.25) is 9.69 Å². The van der Waals surface area contributed by atoms with E-state index in [2.05, 4.69) is 41.0 Å². The summed E-state index contributed by atoms with van der Waals surface area (Å²) in [5.74, 6) is 0. The molecule has 1 aromatic carbocycles. The third-order valence-electron chi connectivity index (χ3n) is 6.56. The highest BCUT2D eigenvalue weighted by molar-refractivity contribution is 6.31. The Morgan fingerprint density at radius 2 is 1.94 bits per heavy atom. The molecular weight excluding hydrogens is 514 g/mol. The highest BCUT2D eigenvalue weighted by Gasteiger charge is 2.36. The number of fused-ring (bicyclic) bond motifs is 2. The first-order valence-corrected chi connectivity index (χ1v) is 12.5. The second-order valence-electron chi connectivity index (χ2n) is 9.22. The average molecular weight is 544 g/mol. The van der Waals surface area contributed by atoms with Crippen LogP contribution in [0.5, 0.6) is 0 Å². The minimum atomic E-state index is -4.54. The molecule has 196 valence electrons. The summed E-state index contributed by atoms with van der Waals surface area (Å²) in [6, 6.07) is 9.39. The summed E-state index contributed by atoms with van der Waals surface area (Å²) in [6.07, 6.45) is -0.376. The van der Waals surface area contributed by atoms with Gasteiger partial charge < -0.3 is 10.0 Å². The maximum absolute atomic E-state index is 13.1. The summed E-state index contributed by atoms with van der Waals surface area (Å²) >= 11 is 12.0. The molecule has 5 nitrogen and oxygen atoms in total. The van der Waals surface area contributed by atoms with Crippen molar-refractivity contribution in [2.45, 2.75) is 44.3 Å². The van der Waals surface area contributed by atoms with Gasteiger partial charge in [0.1, 0.15) is 0 Å². The highest BCUT2D eigenvalue weighted by Crippen LogP contribution is 2.42. The van der Waals surface area contributed by atoms with Crippen LogP contribution in [0.2, 0.25) is 10.0 Å². The first-order valence-electron chi connectivity index (χ1n) is 11.7. The van der Waals surface area contributed by atoms with Gasteiger partial charge in [0.05, 0.1) is 5.02 Å². The van der Waals surface area contributed by atoms with Gasteiger partial charge in [0.2, 0.25) is 0 Å². The first kappa shape index (κ1) is 28.4. The van der Waals surface area contributed by atoms with Crippen LogP contribution >= 0.6 is 23.2 Å². The number of aromatic nitrogens is 1. The number of alkyl halides is 3. The van der Waals surface area contributed by atoms with Gasteiger partial charge in [-0.25, -0.2) is 4.98 Å². The molecule has 1 unspecified atom stereocenters. The number of carbonyl (C=O) groups is 1. The number of rotatable bonds is 7. The van der Waals surface area contributed by atoms with Gasteiger partial charge in [0.15, 0.2) is 5.69 Å². The van der Waals surface area contributed by atoms with Crippen LogP contribution < -0.4 is 0 Å². The van der Waals surface area contributed by atoms with E-state index >= 15 is 0 Å². The van der Waals surface area contributed by atoms with Crippen LogP contribution in [0.25, 0.3) is 5.57 Å². The molecule has 0 saturated heterocycles. The minimum Gasteiger partial charge on any atom is -0.483 e. The first-order chi connectivity index (χ1) is 17.0. The third-order valence-corrected chi connectivity index (χ3v) is 7.10. The van der Waals surface area contributed by atoms with Gasteiger partial charge in [-0.1, -0.05) is 29.3 Å². The molecule has 0 radical (unpaired) electrons. The van der Waals surface area contributed by atoms with Crippen LogP contribution in [0.1, 0.15) is 41.8 Å². The van der Waals surface area contributed by atoms with Crippen LogP contribution in [0.15, 0.2) is 35.9 Å². The largest absolute Gasteiger partial charge is 0.483 e. The molecule has 1 aromatic heterocycles. The molecule has 4 rings (SSSR count). The summed E-state index contributed by atoms with van der Waals surface area (Å²) in [6.45, 7) is 2.48. The molecule has 2 aliphatic rings. The van der Waals surface area contributed by atoms with Gasteiger partial charge in [-0.05, 0) is 106 Å². The summed E-state index contributed by atoms with van der Waals surface area (Å²) in [5, 5.41) is 7.30. The third kappa shape index (κ3) is 7.00. The maximum Gasteiger partial charge on any atom is 0.434 e. The lowest BCUT2D eigenvalue weighted by molar-refractivity contribution is -0.141. The van der Waals surface area contributed by atoms with Crippen molar-refractivity contribution in [2.24, 2.45) is 0 Å². The summed E-state index contributed by atoms with van der Waals surface area (Å²) in [4.78, 5) is 16.8. The van der Waals surface area contributed by atoms with E-state index in [9.17, 15) is 13.2 Å². The molecule has 2 heterocycles. The van der Waals surface area contributed by atoms with Crippen molar-refractivity contribution in [1.82, 2.24) is 14.8 Å². The fourth-order valence-corrected chi connectivity index (χ4v) is 5.39. The zero-order valence-electron chi connectivity index (χ0n) is 20.3. The Hall–Kier alpha value is -2.13. The molecule has 1 aliphatic heterocycles. The number of halogens is 5. The fraction of sp³-hybridized carbons (Fsp3) is 0.462. The van der Waals surface area contributed by atoms with Crippen molar-refractivity contribution in [2.75, 3.05) is 33.7 Å². The van der Waals surface area contributed by atoms with E-state index in [1.807, 2.05) is 6.07 Å². The Labute approximate surface area is 219 Å². The van der Waals surface area contributed by atoms with Crippen molar-refractivity contribution >= 4 is 35.2 Å². The van der Waals surface area contributed by atoms with Crippen LogP contribution in [0.4, 0.5) is 13.2 Å². The second-order valence-corrected chi connectivity index (χ2v) is 10.1. The lowest BCUT2D eigenvalue weighted by atomic mass is 9.90. The normalized spacial score (nSPS) is 17.5. The van der Waals surface area contributed by atoms with Gasteiger partial charge in [-0.15, -0.1) is 0 Å². The second kappa shape index (κ2) is 12.4. The Balaban J connectivity index is 0.00000115. The maximum atomic E-state index is 13.1. The zero-order valence-corrected chi connectivity index (χ0v) is 21.8. The van der Waals surface area contributed by atoms with Crippen LogP contribution in [0, 0.1) is 0 Å². The Kier molecular flexibility index (Phi) is 9.80. The number of benzene rings is 1. The molecule has 10 heteroatoms. The summed E-state index contributed by atoms with van der Waals surface area (Å²) in [5.41, 5.74) is 4.96. The van der Waals surface area contributed by atoms with E-state index in [0.717, 1.165) is 50.3 Å². The molecule has 0 spiro atoms. The molecule has 0 amide bonds. The number of aryl methyl sites for hydroxylation is 1. The predicted octanol–water partition coefficient (Wildman–Crippen LogP) is 6.08. The lowest BCUT2D eigenvalue weighted by Crippen LogP contribution is -2.43. The standard InChI is InChI=1S/C25H28Cl2F3N3.CH2O2/c1-32(2)12-10-23-21-14-16-5-6-17(26)15-20(16)19(21)9-13-33(23)11-3-4-18-7-8-22(27)24(31-18)25(28,29)30;2-1-3/h5-8,15,23H,3-4,9-14H2,1-2H3;1H,(H,2,3). The summed E-state index contributed by atoms with van der Waals surface area (Å²) in [7, 11) is 4.16. The number of carboxylic acid groups (broad SMARTS) is 1. The van der Waals surface area contributed by atoms with Crippen molar-refractivity contribution in [1.29, 1.82) is 0 Å². The fourth-order valence-electron chi connectivity index (χ4n) is 5.00. The number of hydrogen-bond acceptors (Lipinski definition) is 4. The quantitative estimate of drug-likeness (QED) is 0.429. The average Bonchev–Trinajstić information content (AvgIpc) is 3.16. The highest BCUT2D eigenvalue weighted by atomic mass is 35.5. The number of hydrogen-bond donors (Lipinski definition) is 1. The molecule has 1 N–H and O–H groups in total. The lowest BCUT2D eigenvalue weighted by Gasteiger charge is -2.38. The topological polar surface area (TPSA) is 56.7 Å². The van der Waals surface area contributed by atoms with Crippen molar-refractivity contribution < 1.29 is 23.1 Å². The van der Waals surface area contributed by atoms with Crippen LogP contribution in [-0.4, -0.2) is 66.1 Å². The molecule has 0 fully saturated rings. The van der Waals surface area contributed by atoms with Gasteiger partial charge >= 0.3 is 6.18 Å². The minimum absolute atomic E-state index is 0.250. The Bertz CT molecular complexity index is 1110. The van der Waals surface area contributed by atoms with Gasteiger partial charge in [0.25, 0.3) is 6.47 Å². The van der Waals surface area contributed by atoms with E-state index < -0.39 is 11.9 Å². The van der Waals surface area contributed by atoms with Gasteiger partial charge in [-0.2, -0.15) is 13.2 Å². The Morgan fingerprint density at radius 3 is 2.61 bits per heavy atom. The molecule has 0 bridgehead atoms. The predicted molar refractivity (Wildman–Crippen MR) is 136 cm³/mol. The van der Waals surface area contributed by atoms with E-state index in [0.29, 0.717) is 18.2 Å². The van der Waals surface area contributed by atoms with E-state index in [1.165, 1.54) is 28.3 Å². The molecular formula is C26H30Cl2F3N3O2. The number of nitrogens with zero attached hydrogens (tertiary/aromatic N) is 3. The van der Waals surface area contributed by atoms with Crippen molar-refractivity contribution in [3.05, 3.63) is 68.5 Å². The molecule has 36 heavy (non-hydrogen) atoms. The molecule has 0 saturated carbocycles. The van der Waals surface area contributed by atoms with E-state index in [1.54, 1.807) is 6.07 Å². The SMILES string of the molecule is CN(C)CCC1C2=C(CCN1CCCc1ccc(Cl)c(C(F)(F)F)n1)c1cc(Cl)ccc1C2.O=CO. The Morgan fingerprint density at radius 1 is 1.22 bits per heavy atom. The van der Waals surface area contributed by atoms with E-state index in [-0.39, 0.29) is 11.5 Å². The summed E-state index contributed by atoms with van der Waals surface area (Å²) < 4.78 is 39.4. The van der Waals surface area contributed by atoms with Crippen LogP contribution in [-0.2, 0) is 23.8 Å². The van der Waals surface area contributed by atoms with Crippen molar-refractivity contribution in [3.63, 3.8) is 0 Å². The number of pyridine rings is 1. The van der Waals surface area contributed by atoms with E-state index in [4.69, 9.17) is 33.1 Å². The van der Waals surface area contributed by atoms with Gasteiger partial charge in [0, 0.05) is 23.3 Å². The van der Waals surface area contributed by atoms with Crippen molar-refractivity contribution in [3.8, 4) is 0 Å². The smallest absolute Gasteiger partial charge is 0.434 e.